The number of rotatable bonds is 7. The quantitative estimate of drug-likeness (QED) is 0.817. The van der Waals surface area contributed by atoms with Crippen LogP contribution in [-0.4, -0.2) is 72.9 Å². The zero-order chi connectivity index (χ0) is 17.7. The minimum atomic E-state index is -0.470. The molecular weight excluding hydrogens is 308 g/mol. The van der Waals surface area contributed by atoms with Crippen LogP contribution in [0.25, 0.3) is 0 Å². The molecule has 1 aromatic rings. The van der Waals surface area contributed by atoms with Crippen molar-refractivity contribution >= 4 is 5.91 Å². The lowest BCUT2D eigenvalue weighted by Gasteiger charge is -2.36. The number of amides is 1. The fourth-order valence-electron chi connectivity index (χ4n) is 3.24. The van der Waals surface area contributed by atoms with E-state index in [1.54, 1.807) is 0 Å². The molecular formula is C18H30N2O4. The van der Waals surface area contributed by atoms with Crippen molar-refractivity contribution in [2.45, 2.75) is 39.7 Å². The van der Waals surface area contributed by atoms with Crippen LogP contribution in [0.15, 0.2) is 10.5 Å². The number of ether oxygens (including phenoxy) is 1. The number of furan rings is 1. The number of hydrogen-bond acceptors (Lipinski definition) is 5. The topological polar surface area (TPSA) is 66.2 Å². The Balaban J connectivity index is 1.83. The Morgan fingerprint density at radius 3 is 2.54 bits per heavy atom. The zero-order valence-electron chi connectivity index (χ0n) is 15.2. The predicted octanol–water partition coefficient (Wildman–Crippen LogP) is 1.54. The number of nitrogens with zero attached hydrogens (tertiary/aromatic N) is 2. The molecule has 0 bridgehead atoms. The number of piperazine rings is 1. The number of β-amino-alcohol motifs (C(OH)–C–C–N with tert-alkyl or cyclic N) is 1. The third kappa shape index (κ3) is 4.82. The van der Waals surface area contributed by atoms with Crippen LogP contribution in [0.4, 0.5) is 0 Å². The van der Waals surface area contributed by atoms with Gasteiger partial charge < -0.3 is 19.2 Å². The van der Waals surface area contributed by atoms with E-state index in [-0.39, 0.29) is 11.8 Å². The smallest absolute Gasteiger partial charge is 0.230 e. The number of carbonyl (C=O) groups excluding carboxylic acids is 1. The maximum atomic E-state index is 12.7. The molecule has 0 radical (unpaired) electrons. The van der Waals surface area contributed by atoms with Crippen molar-refractivity contribution in [3.05, 3.63) is 23.2 Å². The minimum absolute atomic E-state index is 0.147. The van der Waals surface area contributed by atoms with Gasteiger partial charge in [0, 0.05) is 44.9 Å². The summed E-state index contributed by atoms with van der Waals surface area (Å²) in [6.45, 7) is 12.2. The van der Waals surface area contributed by atoms with Gasteiger partial charge >= 0.3 is 0 Å². The molecule has 2 heterocycles. The van der Waals surface area contributed by atoms with Crippen molar-refractivity contribution in [1.29, 1.82) is 0 Å². The van der Waals surface area contributed by atoms with E-state index in [0.717, 1.165) is 30.2 Å². The van der Waals surface area contributed by atoms with Crippen molar-refractivity contribution in [2.24, 2.45) is 0 Å². The van der Waals surface area contributed by atoms with Gasteiger partial charge in [0.15, 0.2) is 0 Å². The van der Waals surface area contributed by atoms with Gasteiger partial charge in [0.2, 0.25) is 5.91 Å². The average Bonchev–Trinajstić information content (AvgIpc) is 2.90. The van der Waals surface area contributed by atoms with Crippen molar-refractivity contribution in [2.75, 3.05) is 45.9 Å². The summed E-state index contributed by atoms with van der Waals surface area (Å²) in [6, 6.07) is 1.96. The monoisotopic (exact) mass is 338 g/mol. The molecule has 0 spiro atoms. The van der Waals surface area contributed by atoms with E-state index in [4.69, 9.17) is 9.15 Å². The Kier molecular flexibility index (Phi) is 6.83. The van der Waals surface area contributed by atoms with Gasteiger partial charge in [-0.1, -0.05) is 0 Å². The summed E-state index contributed by atoms with van der Waals surface area (Å²) < 4.78 is 10.8. The first-order valence-electron chi connectivity index (χ1n) is 8.76. The van der Waals surface area contributed by atoms with Gasteiger partial charge in [0.05, 0.1) is 18.6 Å². The van der Waals surface area contributed by atoms with Gasteiger partial charge in [-0.25, -0.2) is 0 Å². The van der Waals surface area contributed by atoms with Crippen LogP contribution < -0.4 is 0 Å². The van der Waals surface area contributed by atoms with Crippen LogP contribution in [0.1, 0.15) is 36.8 Å². The Labute approximate surface area is 144 Å². The highest BCUT2D eigenvalue weighted by Crippen LogP contribution is 2.25. The Morgan fingerprint density at radius 2 is 2.00 bits per heavy atom. The molecule has 0 aromatic carbocycles. The van der Waals surface area contributed by atoms with Crippen molar-refractivity contribution in [1.82, 2.24) is 9.80 Å². The number of hydrogen-bond donors (Lipinski definition) is 1. The largest absolute Gasteiger partial charge is 0.466 e. The number of aliphatic hydroxyl groups is 1. The van der Waals surface area contributed by atoms with E-state index >= 15 is 0 Å². The molecule has 2 rings (SSSR count). The molecule has 0 saturated carbocycles. The molecule has 1 aliphatic rings. The van der Waals surface area contributed by atoms with Gasteiger partial charge in [0.1, 0.15) is 11.5 Å². The summed E-state index contributed by atoms with van der Waals surface area (Å²) >= 11 is 0. The van der Waals surface area contributed by atoms with E-state index in [9.17, 15) is 9.90 Å². The predicted molar refractivity (Wildman–Crippen MR) is 92.1 cm³/mol. The van der Waals surface area contributed by atoms with Gasteiger partial charge in [0.25, 0.3) is 0 Å². The first-order chi connectivity index (χ1) is 11.4. The molecule has 1 N–H and O–H groups in total. The molecule has 136 valence electrons. The molecule has 6 heteroatoms. The van der Waals surface area contributed by atoms with Crippen LogP contribution in [-0.2, 0) is 9.53 Å². The van der Waals surface area contributed by atoms with Crippen molar-refractivity contribution < 1.29 is 19.1 Å². The third-order valence-electron chi connectivity index (χ3n) is 4.58. The summed E-state index contributed by atoms with van der Waals surface area (Å²) in [6.07, 6.45) is -0.470. The van der Waals surface area contributed by atoms with Crippen LogP contribution in [0.5, 0.6) is 0 Å². The first-order valence-corrected chi connectivity index (χ1v) is 8.76. The SMILES string of the molecule is CCOC[C@@H](O)CN1CCN(C(=O)[C@H](C)c2cc(C)oc2C)CC1. The molecule has 2 atom stereocenters. The summed E-state index contributed by atoms with van der Waals surface area (Å²) in [7, 11) is 0. The molecule has 1 aliphatic heterocycles. The second-order valence-electron chi connectivity index (χ2n) is 6.53. The van der Waals surface area contributed by atoms with Gasteiger partial charge in [-0.05, 0) is 33.8 Å². The molecule has 6 nitrogen and oxygen atoms in total. The van der Waals surface area contributed by atoms with Crippen molar-refractivity contribution in [3.8, 4) is 0 Å². The average molecular weight is 338 g/mol. The van der Waals surface area contributed by atoms with Crippen molar-refractivity contribution in [3.63, 3.8) is 0 Å². The Hall–Kier alpha value is -1.37. The van der Waals surface area contributed by atoms with E-state index < -0.39 is 6.10 Å². The van der Waals surface area contributed by atoms with Gasteiger partial charge in [-0.15, -0.1) is 0 Å². The number of carbonyl (C=O) groups is 1. The highest BCUT2D eigenvalue weighted by atomic mass is 16.5. The van der Waals surface area contributed by atoms with Crippen LogP contribution >= 0.6 is 0 Å². The summed E-state index contributed by atoms with van der Waals surface area (Å²) in [5.74, 6) is 1.63. The molecule has 1 aromatic heterocycles. The molecule has 0 unspecified atom stereocenters. The molecule has 0 aliphatic carbocycles. The first kappa shape index (κ1) is 19.0. The Morgan fingerprint density at radius 1 is 1.33 bits per heavy atom. The van der Waals surface area contributed by atoms with E-state index in [1.165, 1.54) is 0 Å². The number of aryl methyl sites for hydroxylation is 2. The van der Waals surface area contributed by atoms with Gasteiger partial charge in [-0.3, -0.25) is 9.69 Å². The van der Waals surface area contributed by atoms with Crippen LogP contribution in [0, 0.1) is 13.8 Å². The number of aliphatic hydroxyl groups excluding tert-OH is 1. The Bertz CT molecular complexity index is 535. The second kappa shape index (κ2) is 8.65. The van der Waals surface area contributed by atoms with Crippen LogP contribution in [0.2, 0.25) is 0 Å². The van der Waals surface area contributed by atoms with E-state index in [1.807, 2.05) is 38.7 Å². The fraction of sp³-hybridized carbons (Fsp3) is 0.722. The molecule has 1 fully saturated rings. The molecule has 1 saturated heterocycles. The fourth-order valence-corrected chi connectivity index (χ4v) is 3.24. The van der Waals surface area contributed by atoms with E-state index in [2.05, 4.69) is 4.90 Å². The normalized spacial score (nSPS) is 18.6. The minimum Gasteiger partial charge on any atom is -0.466 e. The summed E-state index contributed by atoms with van der Waals surface area (Å²) in [4.78, 5) is 16.8. The standard InChI is InChI=1S/C18H30N2O4/c1-5-23-12-16(21)11-19-6-8-20(9-7-19)18(22)14(3)17-10-13(2)24-15(17)4/h10,14,16,21H,5-9,11-12H2,1-4H3/t14-,16+/m1/s1. The lowest BCUT2D eigenvalue weighted by Crippen LogP contribution is -2.51. The lowest BCUT2D eigenvalue weighted by molar-refractivity contribution is -0.134. The molecule has 24 heavy (non-hydrogen) atoms. The maximum absolute atomic E-state index is 12.7. The summed E-state index contributed by atoms with van der Waals surface area (Å²) in [5, 5.41) is 9.92. The summed E-state index contributed by atoms with van der Waals surface area (Å²) in [5.41, 5.74) is 0.979. The second-order valence-corrected chi connectivity index (χ2v) is 6.53. The molecule has 1 amide bonds. The zero-order valence-corrected chi connectivity index (χ0v) is 15.2. The highest BCUT2D eigenvalue weighted by molar-refractivity contribution is 5.83. The third-order valence-corrected chi connectivity index (χ3v) is 4.58. The lowest BCUT2D eigenvalue weighted by atomic mass is 9.99. The van der Waals surface area contributed by atoms with E-state index in [0.29, 0.717) is 32.8 Å². The van der Waals surface area contributed by atoms with Gasteiger partial charge in [-0.2, -0.15) is 0 Å². The van der Waals surface area contributed by atoms with Crippen LogP contribution in [0.3, 0.4) is 0 Å². The highest BCUT2D eigenvalue weighted by Gasteiger charge is 2.28. The maximum Gasteiger partial charge on any atom is 0.230 e.